The molecule has 0 fully saturated rings. The standard InChI is InChI=1S/C24H21NO2S/c1-24(2,3)14-8-10-15(11-9-14)28-23-19(25)13-12-18-20(23)22(27)17-7-5-4-6-16(17)21(18)26/h4-13H,25H2,1-3H3. The molecule has 2 N–H and O–H groups in total. The van der Waals surface area contributed by atoms with Gasteiger partial charge in [-0.25, -0.2) is 0 Å². The Bertz CT molecular complexity index is 1110. The van der Waals surface area contributed by atoms with Gasteiger partial charge in [-0.2, -0.15) is 0 Å². The summed E-state index contributed by atoms with van der Waals surface area (Å²) in [5.74, 6) is -0.276. The highest BCUT2D eigenvalue weighted by Gasteiger charge is 2.32. The second kappa shape index (κ2) is 6.64. The highest BCUT2D eigenvalue weighted by molar-refractivity contribution is 7.99. The third-order valence-corrected chi connectivity index (χ3v) is 6.17. The predicted molar refractivity (Wildman–Crippen MR) is 113 cm³/mol. The molecule has 0 unspecified atom stereocenters. The van der Waals surface area contributed by atoms with E-state index in [2.05, 4.69) is 32.9 Å². The number of nitrogen functional groups attached to an aromatic ring is 1. The summed E-state index contributed by atoms with van der Waals surface area (Å²) < 4.78 is 0. The molecule has 0 bridgehead atoms. The van der Waals surface area contributed by atoms with Gasteiger partial charge in [0.05, 0.1) is 0 Å². The van der Waals surface area contributed by atoms with E-state index in [4.69, 9.17) is 5.73 Å². The van der Waals surface area contributed by atoms with Crippen molar-refractivity contribution in [2.45, 2.75) is 36.0 Å². The van der Waals surface area contributed by atoms with Crippen LogP contribution < -0.4 is 5.73 Å². The van der Waals surface area contributed by atoms with Gasteiger partial charge in [-0.05, 0) is 35.2 Å². The molecule has 0 spiro atoms. The van der Waals surface area contributed by atoms with Crippen molar-refractivity contribution < 1.29 is 9.59 Å². The Morgan fingerprint density at radius 1 is 0.750 bits per heavy atom. The molecule has 4 rings (SSSR count). The van der Waals surface area contributed by atoms with Crippen LogP contribution in [0.4, 0.5) is 5.69 Å². The molecule has 3 aromatic carbocycles. The molecule has 0 amide bonds. The molecule has 0 radical (unpaired) electrons. The third-order valence-electron chi connectivity index (χ3n) is 5.02. The molecule has 0 saturated heterocycles. The molecular weight excluding hydrogens is 366 g/mol. The first kappa shape index (κ1) is 18.5. The quantitative estimate of drug-likeness (QED) is 0.462. The summed E-state index contributed by atoms with van der Waals surface area (Å²) in [6.45, 7) is 6.51. The Kier molecular flexibility index (Phi) is 4.39. The highest BCUT2D eigenvalue weighted by Crippen LogP contribution is 2.41. The Morgan fingerprint density at radius 2 is 1.36 bits per heavy atom. The molecule has 140 valence electrons. The second-order valence-corrected chi connectivity index (χ2v) is 9.07. The lowest BCUT2D eigenvalue weighted by Crippen LogP contribution is -2.22. The first-order valence-electron chi connectivity index (χ1n) is 9.16. The van der Waals surface area contributed by atoms with E-state index < -0.39 is 0 Å². The van der Waals surface area contributed by atoms with Crippen molar-refractivity contribution >= 4 is 29.0 Å². The van der Waals surface area contributed by atoms with E-state index in [0.717, 1.165) is 4.90 Å². The first-order chi connectivity index (χ1) is 13.3. The van der Waals surface area contributed by atoms with Crippen molar-refractivity contribution in [3.63, 3.8) is 0 Å². The zero-order chi connectivity index (χ0) is 20.1. The summed E-state index contributed by atoms with van der Waals surface area (Å²) in [6, 6.07) is 18.6. The van der Waals surface area contributed by atoms with E-state index in [9.17, 15) is 9.59 Å². The molecule has 0 heterocycles. The van der Waals surface area contributed by atoms with Crippen LogP contribution in [-0.4, -0.2) is 11.6 Å². The smallest absolute Gasteiger partial charge is 0.195 e. The molecule has 3 aromatic rings. The molecule has 0 aliphatic heterocycles. The lowest BCUT2D eigenvalue weighted by Gasteiger charge is -2.22. The van der Waals surface area contributed by atoms with E-state index >= 15 is 0 Å². The number of hydrogen-bond acceptors (Lipinski definition) is 4. The van der Waals surface area contributed by atoms with Crippen LogP contribution in [0, 0.1) is 0 Å². The zero-order valence-electron chi connectivity index (χ0n) is 16.1. The molecular formula is C24H21NO2S. The lowest BCUT2D eigenvalue weighted by molar-refractivity contribution is 0.0977. The van der Waals surface area contributed by atoms with E-state index in [1.807, 2.05) is 12.1 Å². The van der Waals surface area contributed by atoms with E-state index in [-0.39, 0.29) is 17.0 Å². The van der Waals surface area contributed by atoms with Gasteiger partial charge in [-0.15, -0.1) is 0 Å². The topological polar surface area (TPSA) is 60.2 Å². The number of ketones is 2. The Labute approximate surface area is 169 Å². The van der Waals surface area contributed by atoms with E-state index in [1.54, 1.807) is 36.4 Å². The maximum absolute atomic E-state index is 13.2. The van der Waals surface area contributed by atoms with Gasteiger partial charge in [0.2, 0.25) is 0 Å². The summed E-state index contributed by atoms with van der Waals surface area (Å²) in [5, 5.41) is 0. The van der Waals surface area contributed by atoms with Crippen molar-refractivity contribution in [3.05, 3.63) is 88.5 Å². The van der Waals surface area contributed by atoms with Crippen LogP contribution in [0.5, 0.6) is 0 Å². The minimum Gasteiger partial charge on any atom is -0.398 e. The average Bonchev–Trinajstić information content (AvgIpc) is 2.67. The number of carbonyl (C=O) groups excluding carboxylic acids is 2. The van der Waals surface area contributed by atoms with Gasteiger partial charge >= 0.3 is 0 Å². The van der Waals surface area contributed by atoms with Gasteiger partial charge in [0.15, 0.2) is 11.6 Å². The van der Waals surface area contributed by atoms with Crippen LogP contribution in [0.3, 0.4) is 0 Å². The van der Waals surface area contributed by atoms with Crippen LogP contribution in [-0.2, 0) is 5.41 Å². The van der Waals surface area contributed by atoms with Gasteiger partial charge in [0.1, 0.15) is 0 Å². The normalized spacial score (nSPS) is 13.2. The fourth-order valence-electron chi connectivity index (χ4n) is 3.42. The van der Waals surface area contributed by atoms with Crippen molar-refractivity contribution in [2.24, 2.45) is 0 Å². The summed E-state index contributed by atoms with van der Waals surface area (Å²) in [5.41, 5.74) is 9.77. The van der Waals surface area contributed by atoms with Crippen LogP contribution in [0.15, 0.2) is 70.5 Å². The summed E-state index contributed by atoms with van der Waals surface area (Å²) in [6.07, 6.45) is 0. The maximum Gasteiger partial charge on any atom is 0.195 e. The summed E-state index contributed by atoms with van der Waals surface area (Å²) in [7, 11) is 0. The Hall–Kier alpha value is -2.85. The molecule has 3 nitrogen and oxygen atoms in total. The SMILES string of the molecule is CC(C)(C)c1ccc(Sc2c(N)ccc3c2C(=O)c2ccccc2C3=O)cc1. The van der Waals surface area contributed by atoms with Crippen molar-refractivity contribution in [1.29, 1.82) is 0 Å². The second-order valence-electron chi connectivity index (χ2n) is 7.99. The van der Waals surface area contributed by atoms with Crippen molar-refractivity contribution in [3.8, 4) is 0 Å². The maximum atomic E-state index is 13.2. The summed E-state index contributed by atoms with van der Waals surface area (Å²) >= 11 is 1.43. The number of carbonyl (C=O) groups is 2. The van der Waals surface area contributed by atoms with Crippen molar-refractivity contribution in [2.75, 3.05) is 5.73 Å². The van der Waals surface area contributed by atoms with Crippen LogP contribution in [0.25, 0.3) is 0 Å². The third kappa shape index (κ3) is 3.04. The number of nitrogens with two attached hydrogens (primary N) is 1. The molecule has 0 saturated carbocycles. The highest BCUT2D eigenvalue weighted by atomic mass is 32.2. The van der Waals surface area contributed by atoms with E-state index in [1.165, 1.54) is 17.3 Å². The van der Waals surface area contributed by atoms with Gasteiger partial charge in [-0.3, -0.25) is 9.59 Å². The fourth-order valence-corrected chi connectivity index (χ4v) is 4.42. The van der Waals surface area contributed by atoms with Gasteiger partial charge in [0.25, 0.3) is 0 Å². The molecule has 1 aliphatic rings. The average molecular weight is 388 g/mol. The lowest BCUT2D eigenvalue weighted by atomic mass is 9.84. The minimum absolute atomic E-state index is 0.0697. The van der Waals surface area contributed by atoms with Gasteiger partial charge < -0.3 is 5.73 Å². The molecule has 4 heteroatoms. The van der Waals surface area contributed by atoms with Crippen molar-refractivity contribution in [1.82, 2.24) is 0 Å². The molecule has 0 atom stereocenters. The molecule has 28 heavy (non-hydrogen) atoms. The number of fused-ring (bicyclic) bond motifs is 2. The number of anilines is 1. The van der Waals surface area contributed by atoms with Gasteiger partial charge in [-0.1, -0.05) is 68.9 Å². The monoisotopic (exact) mass is 387 g/mol. The van der Waals surface area contributed by atoms with Crippen LogP contribution >= 0.6 is 11.8 Å². The molecule has 0 aromatic heterocycles. The molecule has 1 aliphatic carbocycles. The largest absolute Gasteiger partial charge is 0.398 e. The Morgan fingerprint density at radius 3 is 1.96 bits per heavy atom. The number of benzene rings is 3. The zero-order valence-corrected chi connectivity index (χ0v) is 16.9. The predicted octanol–water partition coefficient (Wildman–Crippen LogP) is 5.49. The van der Waals surface area contributed by atoms with Crippen LogP contribution in [0.1, 0.15) is 58.2 Å². The number of rotatable bonds is 2. The van der Waals surface area contributed by atoms with E-state index in [0.29, 0.717) is 32.8 Å². The van der Waals surface area contributed by atoms with Crippen LogP contribution in [0.2, 0.25) is 0 Å². The first-order valence-corrected chi connectivity index (χ1v) is 9.98. The van der Waals surface area contributed by atoms with Gasteiger partial charge in [0, 0.05) is 37.7 Å². The number of hydrogen-bond donors (Lipinski definition) is 1. The fraction of sp³-hybridized carbons (Fsp3) is 0.167. The minimum atomic E-state index is -0.147. The Balaban J connectivity index is 1.79. The summed E-state index contributed by atoms with van der Waals surface area (Å²) in [4.78, 5) is 27.7.